The molecule has 0 saturated heterocycles. The van der Waals surface area contributed by atoms with Gasteiger partial charge in [-0.1, -0.05) is 25.1 Å². The van der Waals surface area contributed by atoms with E-state index in [-0.39, 0.29) is 31.3 Å². The fourth-order valence-electron chi connectivity index (χ4n) is 4.95. The van der Waals surface area contributed by atoms with Gasteiger partial charge in [-0.15, -0.1) is 0 Å². The number of pyridine rings is 1. The van der Waals surface area contributed by atoms with E-state index in [0.29, 0.717) is 46.9 Å². The Morgan fingerprint density at radius 2 is 1.67 bits per heavy atom. The normalized spacial score (nSPS) is 10.7. The van der Waals surface area contributed by atoms with Gasteiger partial charge in [-0.05, 0) is 73.2 Å². The number of aromatic nitrogens is 3. The van der Waals surface area contributed by atoms with Crippen molar-refractivity contribution in [2.24, 2.45) is 7.05 Å². The van der Waals surface area contributed by atoms with Crippen LogP contribution in [0.5, 0.6) is 11.5 Å². The van der Waals surface area contributed by atoms with Crippen molar-refractivity contribution in [2.45, 2.75) is 26.3 Å². The Morgan fingerprint density at radius 3 is 2.39 bits per heavy atom. The fraction of sp³-hybridized carbons (Fsp3) is 0.222. The molecule has 0 unspecified atom stereocenters. The number of alkyl carbamates (subject to hydrolysis) is 1. The van der Waals surface area contributed by atoms with E-state index in [1.165, 1.54) is 12.0 Å². The van der Waals surface area contributed by atoms with E-state index in [9.17, 15) is 14.4 Å². The number of esters is 1. The third-order valence-corrected chi connectivity index (χ3v) is 7.51. The number of hydrogen-bond acceptors (Lipinski definition) is 10. The second-order valence-corrected chi connectivity index (χ2v) is 10.9. The second-order valence-electron chi connectivity index (χ2n) is 10.9. The van der Waals surface area contributed by atoms with Gasteiger partial charge in [-0.3, -0.25) is 25.2 Å². The van der Waals surface area contributed by atoms with Gasteiger partial charge >= 0.3 is 12.1 Å². The molecule has 49 heavy (non-hydrogen) atoms. The molecule has 13 heteroatoms. The molecule has 0 atom stereocenters. The number of hydrogen-bond donors (Lipinski definition) is 3. The number of methoxy groups -OCH3 is 1. The number of aryl methyl sites for hydroxylation is 1. The summed E-state index contributed by atoms with van der Waals surface area (Å²) in [5.74, 6) is 0.953. The standard InChI is InChI=1S/C36H37N7O6/c1-4-21-48-36(46)41-34(37)24-12-15-26(16-13-24)39-23-32-40-27-22-25(14-17-28(27)42(32)2)35(45)43(31-11-7-8-19-38-31)20-18-33(44)49-30-10-6-5-9-29(30)47-3/h5-17,19,22,39H,4,18,20-21,23H2,1-3H3,(H2,37,41,46). The Morgan fingerprint density at radius 1 is 0.939 bits per heavy atom. The van der Waals surface area contributed by atoms with Crippen molar-refractivity contribution in [3.05, 3.63) is 108 Å². The van der Waals surface area contributed by atoms with E-state index in [1.807, 2.05) is 24.6 Å². The second kappa shape index (κ2) is 16.0. The molecule has 2 heterocycles. The Labute approximate surface area is 283 Å². The number of para-hydroxylation sites is 2. The number of anilines is 2. The smallest absolute Gasteiger partial charge is 0.412 e. The zero-order chi connectivity index (χ0) is 34.8. The average Bonchev–Trinajstić information content (AvgIpc) is 3.44. The van der Waals surface area contributed by atoms with Crippen LogP contribution in [0.4, 0.5) is 16.3 Å². The maximum atomic E-state index is 13.9. The molecule has 0 fully saturated rings. The first-order chi connectivity index (χ1) is 23.8. The van der Waals surface area contributed by atoms with Gasteiger partial charge in [0.1, 0.15) is 17.5 Å². The summed E-state index contributed by atoms with van der Waals surface area (Å²) in [5.41, 5.74) is 3.18. The van der Waals surface area contributed by atoms with Crippen molar-refractivity contribution in [1.29, 1.82) is 5.41 Å². The van der Waals surface area contributed by atoms with Crippen LogP contribution in [0, 0.1) is 5.41 Å². The first kappa shape index (κ1) is 34.1. The fourth-order valence-corrected chi connectivity index (χ4v) is 4.95. The average molecular weight is 664 g/mol. The predicted octanol–water partition coefficient (Wildman–Crippen LogP) is 5.69. The van der Waals surface area contributed by atoms with Crippen molar-refractivity contribution in [2.75, 3.05) is 30.5 Å². The summed E-state index contributed by atoms with van der Waals surface area (Å²) >= 11 is 0. The van der Waals surface area contributed by atoms with Gasteiger partial charge in [-0.2, -0.15) is 0 Å². The van der Waals surface area contributed by atoms with Gasteiger partial charge in [0.15, 0.2) is 11.5 Å². The Kier molecular flexibility index (Phi) is 11.2. The van der Waals surface area contributed by atoms with Crippen molar-refractivity contribution < 1.29 is 28.6 Å². The van der Waals surface area contributed by atoms with E-state index in [4.69, 9.17) is 24.6 Å². The van der Waals surface area contributed by atoms with Crippen LogP contribution in [0.25, 0.3) is 11.0 Å². The number of imidazole rings is 1. The molecule has 0 spiro atoms. The minimum absolute atomic E-state index is 0.0382. The monoisotopic (exact) mass is 663 g/mol. The highest BCUT2D eigenvalue weighted by Crippen LogP contribution is 2.26. The molecular formula is C36H37N7O6. The van der Waals surface area contributed by atoms with Crippen LogP contribution in [0.3, 0.4) is 0 Å². The van der Waals surface area contributed by atoms with Crippen LogP contribution in [0.15, 0.2) is 91.1 Å². The van der Waals surface area contributed by atoms with Crippen LogP contribution >= 0.6 is 0 Å². The highest BCUT2D eigenvalue weighted by molar-refractivity contribution is 6.07. The summed E-state index contributed by atoms with van der Waals surface area (Å²) in [6.07, 6.45) is 1.55. The number of amidine groups is 1. The quantitative estimate of drug-likeness (QED) is 0.0622. The summed E-state index contributed by atoms with van der Waals surface area (Å²) in [6, 6.07) is 24.4. The Balaban J connectivity index is 1.26. The third-order valence-electron chi connectivity index (χ3n) is 7.51. The molecule has 3 N–H and O–H groups in total. The summed E-state index contributed by atoms with van der Waals surface area (Å²) < 4.78 is 17.7. The first-order valence-electron chi connectivity index (χ1n) is 15.7. The first-order valence-corrected chi connectivity index (χ1v) is 15.7. The largest absolute Gasteiger partial charge is 0.493 e. The lowest BCUT2D eigenvalue weighted by Crippen LogP contribution is -2.34. The minimum atomic E-state index is -0.657. The van der Waals surface area contributed by atoms with Crippen LogP contribution in [0.1, 0.15) is 41.5 Å². The highest BCUT2D eigenvalue weighted by atomic mass is 16.6. The van der Waals surface area contributed by atoms with Crippen LogP contribution in [-0.2, 0) is 23.1 Å². The molecule has 5 rings (SSSR count). The number of nitrogens with one attached hydrogen (secondary N) is 3. The zero-order valence-corrected chi connectivity index (χ0v) is 27.4. The van der Waals surface area contributed by atoms with Crippen molar-refractivity contribution >= 4 is 46.3 Å². The molecule has 0 aliphatic rings. The molecule has 0 aliphatic heterocycles. The predicted molar refractivity (Wildman–Crippen MR) is 185 cm³/mol. The minimum Gasteiger partial charge on any atom is -0.493 e. The molecule has 2 aromatic heterocycles. The van der Waals surface area contributed by atoms with Gasteiger partial charge in [-0.25, -0.2) is 14.8 Å². The van der Waals surface area contributed by atoms with Crippen molar-refractivity contribution in [1.82, 2.24) is 19.9 Å². The summed E-state index contributed by atoms with van der Waals surface area (Å²) in [5, 5.41) is 13.9. The lowest BCUT2D eigenvalue weighted by molar-refractivity contribution is -0.134. The third kappa shape index (κ3) is 8.57. The lowest BCUT2D eigenvalue weighted by atomic mass is 10.1. The van der Waals surface area contributed by atoms with E-state index >= 15 is 0 Å². The Hall–Kier alpha value is -6.24. The van der Waals surface area contributed by atoms with E-state index in [2.05, 4.69) is 15.6 Å². The molecule has 13 nitrogen and oxygen atoms in total. The number of carbonyl (C=O) groups excluding carboxylic acids is 3. The molecule has 0 aliphatic carbocycles. The topological polar surface area (TPSA) is 161 Å². The van der Waals surface area contributed by atoms with Crippen LogP contribution < -0.4 is 25.0 Å². The number of carbonyl (C=O) groups is 3. The van der Waals surface area contributed by atoms with Gasteiger partial charge in [0.25, 0.3) is 5.91 Å². The van der Waals surface area contributed by atoms with E-state index in [1.54, 1.807) is 85.1 Å². The lowest BCUT2D eigenvalue weighted by Gasteiger charge is -2.21. The molecule has 2 amide bonds. The number of ether oxygens (including phenoxy) is 3. The number of benzene rings is 3. The number of nitrogens with zero attached hydrogens (tertiary/aromatic N) is 4. The SMILES string of the molecule is CCCOC(=O)NC(=N)c1ccc(NCc2nc3cc(C(=O)N(CCC(=O)Oc4ccccc4OC)c4ccccn4)ccc3n2C)cc1. The van der Waals surface area contributed by atoms with Crippen LogP contribution in [0.2, 0.25) is 0 Å². The molecule has 3 aromatic carbocycles. The Bertz CT molecular complexity index is 1940. The van der Waals surface area contributed by atoms with E-state index in [0.717, 1.165) is 17.0 Å². The van der Waals surface area contributed by atoms with Crippen molar-refractivity contribution in [3.8, 4) is 11.5 Å². The maximum Gasteiger partial charge on any atom is 0.412 e. The van der Waals surface area contributed by atoms with Crippen LogP contribution in [-0.4, -0.2) is 58.6 Å². The highest BCUT2D eigenvalue weighted by Gasteiger charge is 2.22. The number of amides is 2. The molecule has 5 aromatic rings. The molecule has 0 radical (unpaired) electrons. The number of fused-ring (bicyclic) bond motifs is 1. The molecule has 0 bridgehead atoms. The van der Waals surface area contributed by atoms with Gasteiger partial charge in [0.05, 0.1) is 37.7 Å². The summed E-state index contributed by atoms with van der Waals surface area (Å²) in [4.78, 5) is 49.0. The number of rotatable bonds is 13. The van der Waals surface area contributed by atoms with Crippen molar-refractivity contribution in [3.63, 3.8) is 0 Å². The molecule has 0 saturated carbocycles. The van der Waals surface area contributed by atoms with E-state index < -0.39 is 12.1 Å². The molecule has 252 valence electrons. The maximum absolute atomic E-state index is 13.9. The molecular weight excluding hydrogens is 626 g/mol. The van der Waals surface area contributed by atoms with Gasteiger partial charge in [0.2, 0.25) is 0 Å². The zero-order valence-electron chi connectivity index (χ0n) is 27.4. The van der Waals surface area contributed by atoms with Gasteiger partial charge < -0.3 is 24.1 Å². The van der Waals surface area contributed by atoms with Gasteiger partial charge in [0, 0.05) is 36.6 Å². The summed E-state index contributed by atoms with van der Waals surface area (Å²) in [7, 11) is 3.39. The summed E-state index contributed by atoms with van der Waals surface area (Å²) in [6.45, 7) is 2.61.